The number of Topliss-reactive ketones (excluding diaryl/α,β-unsaturated/α-hetero) is 1. The topological polar surface area (TPSA) is 17.1 Å². The molecule has 0 aromatic heterocycles. The highest BCUT2D eigenvalue weighted by Gasteiger charge is 2.16. The van der Waals surface area contributed by atoms with Crippen molar-refractivity contribution in [3.05, 3.63) is 59.4 Å². The minimum Gasteiger partial charge on any atom is -0.294 e. The van der Waals surface area contributed by atoms with Crippen molar-refractivity contribution in [3.8, 4) is 11.1 Å². The molecule has 0 saturated carbocycles. The summed E-state index contributed by atoms with van der Waals surface area (Å²) in [5.41, 5.74) is 0.0834. The first-order chi connectivity index (χ1) is 8.50. The van der Waals surface area contributed by atoms with Crippen molar-refractivity contribution in [2.75, 3.05) is 0 Å². The second-order valence-electron chi connectivity index (χ2n) is 3.85. The van der Waals surface area contributed by atoms with E-state index in [2.05, 4.69) is 0 Å². The minimum absolute atomic E-state index is 0.0426. The molecule has 0 unspecified atom stereocenters. The van der Waals surface area contributed by atoms with Crippen LogP contribution in [0, 0.1) is 17.5 Å². The van der Waals surface area contributed by atoms with Crippen LogP contribution in [0.1, 0.15) is 17.3 Å². The average molecular weight is 250 g/mol. The van der Waals surface area contributed by atoms with E-state index < -0.39 is 23.2 Å². The van der Waals surface area contributed by atoms with Gasteiger partial charge in [0, 0.05) is 11.1 Å². The number of carbonyl (C=O) groups is 1. The van der Waals surface area contributed by atoms with Crippen LogP contribution in [0.15, 0.2) is 36.4 Å². The predicted octanol–water partition coefficient (Wildman–Crippen LogP) is 3.97. The fraction of sp³-hybridized carbons (Fsp3) is 0.0714. The van der Waals surface area contributed by atoms with Gasteiger partial charge in [0.1, 0.15) is 5.82 Å². The summed E-state index contributed by atoms with van der Waals surface area (Å²) in [7, 11) is 0. The van der Waals surface area contributed by atoms with E-state index in [9.17, 15) is 18.0 Å². The number of ketones is 1. The molecule has 2 rings (SSSR count). The number of rotatable bonds is 2. The van der Waals surface area contributed by atoms with Crippen molar-refractivity contribution in [1.29, 1.82) is 0 Å². The normalized spacial score (nSPS) is 10.4. The molecule has 0 aliphatic heterocycles. The van der Waals surface area contributed by atoms with Gasteiger partial charge >= 0.3 is 0 Å². The molecule has 0 atom stereocenters. The molecule has 0 fully saturated rings. The van der Waals surface area contributed by atoms with Crippen LogP contribution in [-0.4, -0.2) is 5.78 Å². The summed E-state index contributed by atoms with van der Waals surface area (Å²) >= 11 is 0. The Kier molecular flexibility index (Phi) is 3.19. The zero-order chi connectivity index (χ0) is 13.3. The first kappa shape index (κ1) is 12.4. The molecule has 18 heavy (non-hydrogen) atoms. The van der Waals surface area contributed by atoms with E-state index in [1.165, 1.54) is 25.1 Å². The van der Waals surface area contributed by atoms with Gasteiger partial charge in [0.25, 0.3) is 0 Å². The van der Waals surface area contributed by atoms with Crippen LogP contribution < -0.4 is 0 Å². The third kappa shape index (κ3) is 2.14. The lowest BCUT2D eigenvalue weighted by Crippen LogP contribution is -2.00. The molecule has 0 N–H and O–H groups in total. The highest BCUT2D eigenvalue weighted by Crippen LogP contribution is 2.28. The quantitative estimate of drug-likeness (QED) is 0.737. The summed E-state index contributed by atoms with van der Waals surface area (Å²) in [4.78, 5) is 11.4. The highest BCUT2D eigenvalue weighted by molar-refractivity contribution is 6.00. The SMILES string of the molecule is CC(=O)c1cc(F)c(F)cc1-c1ccccc1F. The molecular formula is C14H9F3O. The van der Waals surface area contributed by atoms with E-state index >= 15 is 0 Å². The maximum Gasteiger partial charge on any atom is 0.160 e. The first-order valence-corrected chi connectivity index (χ1v) is 5.25. The summed E-state index contributed by atoms with van der Waals surface area (Å²) in [6.45, 7) is 1.22. The number of halogens is 3. The molecule has 0 aliphatic carbocycles. The molecular weight excluding hydrogens is 241 g/mol. The summed E-state index contributed by atoms with van der Waals surface area (Å²) in [6, 6.07) is 7.27. The van der Waals surface area contributed by atoms with Gasteiger partial charge < -0.3 is 0 Å². The maximum absolute atomic E-state index is 13.6. The van der Waals surface area contributed by atoms with Gasteiger partial charge in [0.05, 0.1) is 0 Å². The molecule has 0 bridgehead atoms. The molecule has 0 aliphatic rings. The number of hydrogen-bond acceptors (Lipinski definition) is 1. The Labute approximate surface area is 102 Å². The Hall–Kier alpha value is -2.10. The summed E-state index contributed by atoms with van der Waals surface area (Å²) < 4.78 is 40.0. The summed E-state index contributed by atoms with van der Waals surface area (Å²) in [5.74, 6) is -3.28. The largest absolute Gasteiger partial charge is 0.294 e. The van der Waals surface area contributed by atoms with E-state index in [4.69, 9.17) is 0 Å². The molecule has 0 heterocycles. The van der Waals surface area contributed by atoms with Crippen LogP contribution >= 0.6 is 0 Å². The Morgan fingerprint density at radius 2 is 1.50 bits per heavy atom. The monoisotopic (exact) mass is 250 g/mol. The van der Waals surface area contributed by atoms with E-state index in [0.717, 1.165) is 12.1 Å². The van der Waals surface area contributed by atoms with Crippen LogP contribution in [0.4, 0.5) is 13.2 Å². The van der Waals surface area contributed by atoms with Crippen LogP contribution in [0.25, 0.3) is 11.1 Å². The number of hydrogen-bond donors (Lipinski definition) is 0. The zero-order valence-electron chi connectivity index (χ0n) is 9.51. The molecule has 0 amide bonds. The lowest BCUT2D eigenvalue weighted by atomic mass is 9.96. The van der Waals surface area contributed by atoms with Crippen molar-refractivity contribution in [1.82, 2.24) is 0 Å². The van der Waals surface area contributed by atoms with Gasteiger partial charge in [0.2, 0.25) is 0 Å². The second-order valence-corrected chi connectivity index (χ2v) is 3.85. The fourth-order valence-electron chi connectivity index (χ4n) is 1.74. The molecule has 0 radical (unpaired) electrons. The van der Waals surface area contributed by atoms with E-state index in [0.29, 0.717) is 0 Å². The molecule has 92 valence electrons. The van der Waals surface area contributed by atoms with Crippen LogP contribution in [0.2, 0.25) is 0 Å². The fourth-order valence-corrected chi connectivity index (χ4v) is 1.74. The Bertz CT molecular complexity index is 620. The molecule has 2 aromatic rings. The predicted molar refractivity (Wildman–Crippen MR) is 61.8 cm³/mol. The van der Waals surface area contributed by atoms with Gasteiger partial charge in [0.15, 0.2) is 17.4 Å². The van der Waals surface area contributed by atoms with Crippen LogP contribution in [0.3, 0.4) is 0 Å². The van der Waals surface area contributed by atoms with Gasteiger partial charge in [-0.25, -0.2) is 13.2 Å². The molecule has 2 aromatic carbocycles. The van der Waals surface area contributed by atoms with Crippen LogP contribution in [0.5, 0.6) is 0 Å². The Balaban J connectivity index is 2.74. The lowest BCUT2D eigenvalue weighted by Gasteiger charge is -2.09. The number of benzene rings is 2. The van der Waals surface area contributed by atoms with E-state index in [-0.39, 0.29) is 16.7 Å². The van der Waals surface area contributed by atoms with Crippen LogP contribution in [-0.2, 0) is 0 Å². The van der Waals surface area contributed by atoms with Crippen molar-refractivity contribution >= 4 is 5.78 Å². The van der Waals surface area contributed by atoms with Gasteiger partial charge in [-0.05, 0) is 30.7 Å². The second kappa shape index (κ2) is 4.64. The van der Waals surface area contributed by atoms with Gasteiger partial charge in [-0.3, -0.25) is 4.79 Å². The number of carbonyl (C=O) groups excluding carboxylic acids is 1. The van der Waals surface area contributed by atoms with Gasteiger partial charge in [-0.1, -0.05) is 18.2 Å². The molecule has 1 nitrogen and oxygen atoms in total. The maximum atomic E-state index is 13.6. The first-order valence-electron chi connectivity index (χ1n) is 5.25. The highest BCUT2D eigenvalue weighted by atomic mass is 19.2. The van der Waals surface area contributed by atoms with Crippen molar-refractivity contribution in [2.24, 2.45) is 0 Å². The Morgan fingerprint density at radius 3 is 2.11 bits per heavy atom. The summed E-state index contributed by atoms with van der Waals surface area (Å²) in [6.07, 6.45) is 0. The van der Waals surface area contributed by atoms with E-state index in [1.54, 1.807) is 6.07 Å². The minimum atomic E-state index is -1.12. The smallest absolute Gasteiger partial charge is 0.160 e. The molecule has 4 heteroatoms. The van der Waals surface area contributed by atoms with Gasteiger partial charge in [-0.2, -0.15) is 0 Å². The standard InChI is InChI=1S/C14H9F3O/c1-8(18)10-6-13(16)14(17)7-11(10)9-4-2-3-5-12(9)15/h2-7H,1H3. The third-order valence-electron chi connectivity index (χ3n) is 2.60. The van der Waals surface area contributed by atoms with E-state index in [1.807, 2.05) is 0 Å². The average Bonchev–Trinajstić information content (AvgIpc) is 2.32. The third-order valence-corrected chi connectivity index (χ3v) is 2.60. The van der Waals surface area contributed by atoms with Gasteiger partial charge in [-0.15, -0.1) is 0 Å². The van der Waals surface area contributed by atoms with Crippen molar-refractivity contribution < 1.29 is 18.0 Å². The lowest BCUT2D eigenvalue weighted by molar-refractivity contribution is 0.101. The van der Waals surface area contributed by atoms with Crippen molar-refractivity contribution in [2.45, 2.75) is 6.92 Å². The molecule has 0 saturated heterocycles. The van der Waals surface area contributed by atoms with Crippen molar-refractivity contribution in [3.63, 3.8) is 0 Å². The Morgan fingerprint density at radius 1 is 0.889 bits per heavy atom. The summed E-state index contributed by atoms with van der Waals surface area (Å²) in [5, 5.41) is 0. The molecule has 0 spiro atoms. The zero-order valence-corrected chi connectivity index (χ0v) is 9.51.